The van der Waals surface area contributed by atoms with Gasteiger partial charge in [0.2, 0.25) is 0 Å². The van der Waals surface area contributed by atoms with Gasteiger partial charge in [0.05, 0.1) is 0 Å². The minimum atomic E-state index is -0.764. The van der Waals surface area contributed by atoms with E-state index in [2.05, 4.69) is 20.8 Å². The summed E-state index contributed by atoms with van der Waals surface area (Å²) in [6, 6.07) is 0. The third kappa shape index (κ3) is 69.2. The lowest BCUT2D eigenvalue weighted by molar-refractivity contribution is -0.167. The molecule has 0 bridgehead atoms. The van der Waals surface area contributed by atoms with Crippen LogP contribution < -0.4 is 0 Å². The van der Waals surface area contributed by atoms with Crippen molar-refractivity contribution in [2.45, 2.75) is 457 Å². The van der Waals surface area contributed by atoms with Crippen molar-refractivity contribution >= 4 is 17.9 Å². The summed E-state index contributed by atoms with van der Waals surface area (Å²) in [5.41, 5.74) is 0. The predicted octanol–water partition coefficient (Wildman–Crippen LogP) is 26.2. The van der Waals surface area contributed by atoms with Crippen LogP contribution in [0.2, 0.25) is 0 Å². The summed E-state index contributed by atoms with van der Waals surface area (Å²) >= 11 is 0. The third-order valence-electron chi connectivity index (χ3n) is 17.9. The van der Waals surface area contributed by atoms with Crippen LogP contribution in [-0.4, -0.2) is 37.2 Å². The maximum atomic E-state index is 13.0. The van der Waals surface area contributed by atoms with Gasteiger partial charge < -0.3 is 14.2 Å². The van der Waals surface area contributed by atoms with Gasteiger partial charge in [0, 0.05) is 19.3 Å². The van der Waals surface area contributed by atoms with E-state index in [0.717, 1.165) is 57.8 Å². The van der Waals surface area contributed by atoms with Crippen LogP contribution in [0.15, 0.2) is 0 Å². The standard InChI is InChI=1S/C76H148O6/c1-4-7-10-13-16-19-22-25-28-31-34-35-36-37-38-39-40-43-45-48-51-54-57-60-63-66-69-75(78)81-72-73(82-76(79)70-67-64-61-58-55-52-49-46-42-33-30-27-24-21-18-15-12-9-6-3)71-80-74(77)68-65-62-59-56-53-50-47-44-41-32-29-26-23-20-17-14-11-8-5-2/h73H,4-72H2,1-3H3. The number of hydrogen-bond donors (Lipinski definition) is 0. The van der Waals surface area contributed by atoms with Gasteiger partial charge in [-0.3, -0.25) is 14.4 Å². The number of ether oxygens (including phenoxy) is 3. The minimum absolute atomic E-state index is 0.0597. The van der Waals surface area contributed by atoms with Crippen LogP contribution >= 0.6 is 0 Å². The first-order valence-electron chi connectivity index (χ1n) is 38.0. The SMILES string of the molecule is CCCCCCCCCCCCCCCCCCCCCCCCCCCCC(=O)OCC(COC(=O)CCCCCCCCCCCCCCCCCCCCC)OC(=O)CCCCCCCCCCCCCCCCCCCCC. The fourth-order valence-electron chi connectivity index (χ4n) is 12.2. The summed E-state index contributed by atoms with van der Waals surface area (Å²) < 4.78 is 17.1. The smallest absolute Gasteiger partial charge is 0.306 e. The first kappa shape index (κ1) is 80.4. The Morgan fingerprint density at radius 1 is 0.195 bits per heavy atom. The highest BCUT2D eigenvalue weighted by Crippen LogP contribution is 2.20. The van der Waals surface area contributed by atoms with Crippen molar-refractivity contribution in [1.82, 2.24) is 0 Å². The third-order valence-corrected chi connectivity index (χ3v) is 17.9. The molecule has 0 aromatic rings. The molecule has 0 aliphatic carbocycles. The highest BCUT2D eigenvalue weighted by Gasteiger charge is 2.20. The van der Waals surface area contributed by atoms with Crippen LogP contribution in [0.5, 0.6) is 0 Å². The van der Waals surface area contributed by atoms with Gasteiger partial charge in [-0.25, -0.2) is 0 Å². The Hall–Kier alpha value is -1.59. The van der Waals surface area contributed by atoms with Crippen molar-refractivity contribution in [2.75, 3.05) is 13.2 Å². The zero-order chi connectivity index (χ0) is 59.2. The molecule has 0 radical (unpaired) electrons. The lowest BCUT2D eigenvalue weighted by Gasteiger charge is -2.18. The van der Waals surface area contributed by atoms with Crippen LogP contribution in [0.3, 0.4) is 0 Å². The Morgan fingerprint density at radius 2 is 0.329 bits per heavy atom. The molecule has 6 heteroatoms. The monoisotopic (exact) mass is 1160 g/mol. The summed E-state index contributed by atoms with van der Waals surface area (Å²) in [7, 11) is 0. The zero-order valence-electron chi connectivity index (χ0n) is 56.3. The molecule has 1 unspecified atom stereocenters. The van der Waals surface area contributed by atoms with Gasteiger partial charge in [0.15, 0.2) is 6.10 Å². The molecular weight excluding hydrogens is 1010 g/mol. The summed E-state index contributed by atoms with van der Waals surface area (Å²) in [5, 5.41) is 0. The number of esters is 3. The molecule has 0 rings (SSSR count). The van der Waals surface area contributed by atoms with Crippen LogP contribution in [-0.2, 0) is 28.6 Å². The van der Waals surface area contributed by atoms with E-state index in [1.165, 1.54) is 353 Å². The largest absolute Gasteiger partial charge is 0.462 e. The molecular formula is C76H148O6. The highest BCUT2D eigenvalue weighted by atomic mass is 16.6. The van der Waals surface area contributed by atoms with Gasteiger partial charge in [-0.05, 0) is 19.3 Å². The Labute approximate surface area is 514 Å². The van der Waals surface area contributed by atoms with Gasteiger partial charge in [0.25, 0.3) is 0 Å². The molecule has 0 aromatic carbocycles. The molecule has 0 amide bonds. The Kier molecular flexibility index (Phi) is 70.5. The molecule has 0 aliphatic heterocycles. The molecule has 0 spiro atoms. The van der Waals surface area contributed by atoms with E-state index >= 15 is 0 Å². The summed E-state index contributed by atoms with van der Waals surface area (Å²) in [5.74, 6) is -0.813. The first-order valence-corrected chi connectivity index (χ1v) is 38.0. The predicted molar refractivity (Wildman–Crippen MR) is 358 cm³/mol. The van der Waals surface area contributed by atoms with Crippen molar-refractivity contribution in [2.24, 2.45) is 0 Å². The van der Waals surface area contributed by atoms with Gasteiger partial charge >= 0.3 is 17.9 Å². The summed E-state index contributed by atoms with van der Waals surface area (Å²) in [6.07, 6.45) is 85.8. The van der Waals surface area contributed by atoms with E-state index in [0.29, 0.717) is 19.3 Å². The number of unbranched alkanes of at least 4 members (excludes halogenated alkanes) is 61. The second kappa shape index (κ2) is 71.9. The van der Waals surface area contributed by atoms with Crippen LogP contribution in [0, 0.1) is 0 Å². The topological polar surface area (TPSA) is 78.9 Å². The highest BCUT2D eigenvalue weighted by molar-refractivity contribution is 5.71. The fourth-order valence-corrected chi connectivity index (χ4v) is 12.2. The van der Waals surface area contributed by atoms with Gasteiger partial charge in [-0.15, -0.1) is 0 Å². The number of hydrogen-bond acceptors (Lipinski definition) is 6. The van der Waals surface area contributed by atoms with Crippen molar-refractivity contribution in [1.29, 1.82) is 0 Å². The lowest BCUT2D eigenvalue weighted by atomic mass is 10.0. The molecule has 0 aromatic heterocycles. The second-order valence-corrected chi connectivity index (χ2v) is 26.3. The summed E-state index contributed by atoms with van der Waals surface area (Å²) in [4.78, 5) is 38.6. The summed E-state index contributed by atoms with van der Waals surface area (Å²) in [6.45, 7) is 6.76. The first-order chi connectivity index (χ1) is 40.5. The van der Waals surface area contributed by atoms with Crippen molar-refractivity contribution < 1.29 is 28.6 Å². The molecule has 0 N–H and O–H groups in total. The maximum absolute atomic E-state index is 13.0. The lowest BCUT2D eigenvalue weighted by Crippen LogP contribution is -2.30. The number of rotatable bonds is 72. The number of carbonyl (C=O) groups excluding carboxylic acids is 3. The van der Waals surface area contributed by atoms with Crippen molar-refractivity contribution in [3.8, 4) is 0 Å². The van der Waals surface area contributed by atoms with Crippen LogP contribution in [0.1, 0.15) is 451 Å². The molecule has 6 nitrogen and oxygen atoms in total. The van der Waals surface area contributed by atoms with E-state index < -0.39 is 6.10 Å². The van der Waals surface area contributed by atoms with Gasteiger partial charge in [-0.2, -0.15) is 0 Å². The minimum Gasteiger partial charge on any atom is -0.462 e. The van der Waals surface area contributed by atoms with E-state index in [-0.39, 0.29) is 31.1 Å². The molecule has 82 heavy (non-hydrogen) atoms. The molecule has 1 atom stereocenters. The molecule has 0 fully saturated rings. The zero-order valence-corrected chi connectivity index (χ0v) is 56.3. The van der Waals surface area contributed by atoms with Crippen LogP contribution in [0.4, 0.5) is 0 Å². The van der Waals surface area contributed by atoms with Gasteiger partial charge in [0.1, 0.15) is 13.2 Å². The molecule has 0 aliphatic rings. The average molecular weight is 1160 g/mol. The number of carbonyl (C=O) groups is 3. The van der Waals surface area contributed by atoms with E-state index in [1.807, 2.05) is 0 Å². The van der Waals surface area contributed by atoms with Gasteiger partial charge in [-0.1, -0.05) is 412 Å². The Balaban J connectivity index is 4.22. The van der Waals surface area contributed by atoms with E-state index in [1.54, 1.807) is 0 Å². The fraction of sp³-hybridized carbons (Fsp3) is 0.961. The molecule has 488 valence electrons. The van der Waals surface area contributed by atoms with Crippen molar-refractivity contribution in [3.63, 3.8) is 0 Å². The second-order valence-electron chi connectivity index (χ2n) is 26.3. The Bertz CT molecular complexity index is 1240. The van der Waals surface area contributed by atoms with E-state index in [9.17, 15) is 14.4 Å². The Morgan fingerprint density at radius 3 is 0.488 bits per heavy atom. The molecule has 0 saturated carbocycles. The van der Waals surface area contributed by atoms with Crippen molar-refractivity contribution in [3.05, 3.63) is 0 Å². The normalized spacial score (nSPS) is 11.9. The van der Waals surface area contributed by atoms with Crippen LogP contribution in [0.25, 0.3) is 0 Å². The molecule has 0 saturated heterocycles. The average Bonchev–Trinajstić information content (AvgIpc) is 3.47. The van der Waals surface area contributed by atoms with E-state index in [4.69, 9.17) is 14.2 Å². The maximum Gasteiger partial charge on any atom is 0.306 e. The quantitative estimate of drug-likeness (QED) is 0.0343. The molecule has 0 heterocycles.